The first kappa shape index (κ1) is 16.6. The number of aromatic nitrogens is 2. The second kappa shape index (κ2) is 8.04. The first-order valence-electron chi connectivity index (χ1n) is 7.62. The van der Waals surface area contributed by atoms with E-state index in [1.807, 2.05) is 36.5 Å². The number of hydrogen-bond acceptors (Lipinski definition) is 3. The lowest BCUT2D eigenvalue weighted by atomic mass is 10.1. The summed E-state index contributed by atoms with van der Waals surface area (Å²) in [5.74, 6) is 0. The molecule has 120 valence electrons. The second-order valence-corrected chi connectivity index (χ2v) is 8.90. The van der Waals surface area contributed by atoms with E-state index in [0.717, 1.165) is 23.7 Å². The van der Waals surface area contributed by atoms with Crippen molar-refractivity contribution in [2.75, 3.05) is 0 Å². The zero-order valence-corrected chi connectivity index (χ0v) is 15.4. The topological polar surface area (TPSA) is 17.8 Å². The van der Waals surface area contributed by atoms with Gasteiger partial charge in [0, 0.05) is 24.2 Å². The highest BCUT2D eigenvalue weighted by molar-refractivity contribution is 8.01. The summed E-state index contributed by atoms with van der Waals surface area (Å²) in [6, 6.07) is 12.9. The molecule has 3 aromatic rings. The number of imidazole rings is 1. The van der Waals surface area contributed by atoms with E-state index in [2.05, 4.69) is 46.8 Å². The maximum Gasteiger partial charge on any atom is 0.0946 e. The Bertz CT molecular complexity index is 720. The van der Waals surface area contributed by atoms with Crippen molar-refractivity contribution < 1.29 is 0 Å². The minimum absolute atomic E-state index is 0.500. The highest BCUT2D eigenvalue weighted by Crippen LogP contribution is 2.35. The molecule has 1 aromatic carbocycles. The predicted octanol–water partition coefficient (Wildman–Crippen LogP) is 5.70. The third kappa shape index (κ3) is 5.13. The zero-order chi connectivity index (χ0) is 16.1. The fourth-order valence-corrected chi connectivity index (χ4v) is 5.17. The molecular formula is C18H19ClN2S2. The van der Waals surface area contributed by atoms with Crippen molar-refractivity contribution in [2.24, 2.45) is 0 Å². The molecule has 0 saturated heterocycles. The van der Waals surface area contributed by atoms with Crippen LogP contribution in [0.3, 0.4) is 0 Å². The van der Waals surface area contributed by atoms with Crippen LogP contribution in [0, 0.1) is 6.92 Å². The van der Waals surface area contributed by atoms with Crippen LogP contribution in [0.25, 0.3) is 0 Å². The first-order chi connectivity index (χ1) is 11.2. The third-order valence-corrected chi connectivity index (χ3v) is 6.33. The Morgan fingerprint density at radius 1 is 1.22 bits per heavy atom. The molecule has 0 spiro atoms. The van der Waals surface area contributed by atoms with Gasteiger partial charge in [-0.15, -0.1) is 23.1 Å². The van der Waals surface area contributed by atoms with Crippen LogP contribution >= 0.6 is 34.7 Å². The number of nitrogens with zero attached hydrogens (tertiary/aromatic N) is 2. The van der Waals surface area contributed by atoms with Crippen molar-refractivity contribution in [1.29, 1.82) is 0 Å². The fraction of sp³-hybridized carbons (Fsp3) is 0.278. The Morgan fingerprint density at radius 2 is 2.04 bits per heavy atom. The average molecular weight is 363 g/mol. The number of thiophene rings is 1. The summed E-state index contributed by atoms with van der Waals surface area (Å²) in [5.41, 5.74) is 2.71. The maximum atomic E-state index is 6.06. The van der Waals surface area contributed by atoms with E-state index in [9.17, 15) is 0 Å². The number of aryl methyl sites for hydroxylation is 2. The SMILES string of the molecule is Cc1ccc(CCC(Cn2ccnc2)Sc2ccc(Cl)s2)cc1. The molecule has 2 aromatic heterocycles. The van der Waals surface area contributed by atoms with Gasteiger partial charge in [0.1, 0.15) is 0 Å². The van der Waals surface area contributed by atoms with Crippen LogP contribution in [-0.2, 0) is 13.0 Å². The number of hydrogen-bond donors (Lipinski definition) is 0. The van der Waals surface area contributed by atoms with Gasteiger partial charge in [0.2, 0.25) is 0 Å². The van der Waals surface area contributed by atoms with E-state index in [1.54, 1.807) is 11.3 Å². The summed E-state index contributed by atoms with van der Waals surface area (Å²) in [6.45, 7) is 3.09. The monoisotopic (exact) mass is 362 g/mol. The summed E-state index contributed by atoms with van der Waals surface area (Å²) >= 11 is 9.64. The Labute approximate surface area is 150 Å². The first-order valence-corrected chi connectivity index (χ1v) is 9.70. The number of halogens is 1. The molecule has 0 amide bonds. The highest BCUT2D eigenvalue weighted by Gasteiger charge is 2.13. The van der Waals surface area contributed by atoms with Gasteiger partial charge in [-0.2, -0.15) is 0 Å². The molecule has 1 atom stereocenters. The van der Waals surface area contributed by atoms with Gasteiger partial charge < -0.3 is 4.57 Å². The lowest BCUT2D eigenvalue weighted by Gasteiger charge is -2.16. The summed E-state index contributed by atoms with van der Waals surface area (Å²) < 4.78 is 4.29. The van der Waals surface area contributed by atoms with Crippen LogP contribution in [0.4, 0.5) is 0 Å². The summed E-state index contributed by atoms with van der Waals surface area (Å²) in [4.78, 5) is 4.15. The van der Waals surface area contributed by atoms with Crippen LogP contribution in [0.5, 0.6) is 0 Å². The van der Waals surface area contributed by atoms with Crippen molar-refractivity contribution in [3.8, 4) is 0 Å². The molecule has 0 aliphatic rings. The second-order valence-electron chi connectivity index (χ2n) is 5.58. The molecule has 0 N–H and O–H groups in total. The molecule has 0 radical (unpaired) electrons. The van der Waals surface area contributed by atoms with Gasteiger partial charge in [-0.05, 0) is 37.5 Å². The van der Waals surface area contributed by atoms with Gasteiger partial charge in [-0.3, -0.25) is 0 Å². The van der Waals surface area contributed by atoms with Crippen LogP contribution in [0.2, 0.25) is 4.34 Å². The molecule has 2 heterocycles. The zero-order valence-electron chi connectivity index (χ0n) is 13.0. The van der Waals surface area contributed by atoms with E-state index in [0.29, 0.717) is 5.25 Å². The van der Waals surface area contributed by atoms with Crippen molar-refractivity contribution >= 4 is 34.7 Å². The lowest BCUT2D eigenvalue weighted by Crippen LogP contribution is -2.13. The van der Waals surface area contributed by atoms with Gasteiger partial charge in [0.15, 0.2) is 0 Å². The van der Waals surface area contributed by atoms with Crippen LogP contribution in [-0.4, -0.2) is 14.8 Å². The quantitative estimate of drug-likeness (QED) is 0.501. The largest absolute Gasteiger partial charge is 0.336 e. The van der Waals surface area contributed by atoms with Gasteiger partial charge in [-0.1, -0.05) is 41.4 Å². The molecule has 0 aliphatic heterocycles. The molecular weight excluding hydrogens is 344 g/mol. The molecule has 2 nitrogen and oxygen atoms in total. The minimum Gasteiger partial charge on any atom is -0.336 e. The van der Waals surface area contributed by atoms with Crippen molar-refractivity contribution in [3.05, 3.63) is 70.6 Å². The summed E-state index contributed by atoms with van der Waals surface area (Å²) in [5, 5.41) is 0.500. The highest BCUT2D eigenvalue weighted by atomic mass is 35.5. The summed E-state index contributed by atoms with van der Waals surface area (Å²) in [6.07, 6.45) is 7.97. The van der Waals surface area contributed by atoms with Gasteiger partial charge >= 0.3 is 0 Å². The van der Waals surface area contributed by atoms with Crippen LogP contribution < -0.4 is 0 Å². The normalized spacial score (nSPS) is 12.4. The molecule has 0 fully saturated rings. The Balaban J connectivity index is 1.65. The van der Waals surface area contributed by atoms with Gasteiger partial charge in [0.05, 0.1) is 14.9 Å². The van der Waals surface area contributed by atoms with Crippen LogP contribution in [0.15, 0.2) is 59.3 Å². The van der Waals surface area contributed by atoms with Gasteiger partial charge in [-0.25, -0.2) is 4.98 Å². The average Bonchev–Trinajstić information content (AvgIpc) is 3.18. The fourth-order valence-electron chi connectivity index (χ4n) is 2.43. The number of benzene rings is 1. The van der Waals surface area contributed by atoms with Crippen molar-refractivity contribution in [1.82, 2.24) is 9.55 Å². The molecule has 1 unspecified atom stereocenters. The molecule has 23 heavy (non-hydrogen) atoms. The minimum atomic E-state index is 0.500. The Morgan fingerprint density at radius 3 is 2.70 bits per heavy atom. The number of thioether (sulfide) groups is 1. The lowest BCUT2D eigenvalue weighted by molar-refractivity contribution is 0.624. The Hall–Kier alpha value is -1.23. The van der Waals surface area contributed by atoms with E-state index >= 15 is 0 Å². The third-order valence-electron chi connectivity index (χ3n) is 3.68. The predicted molar refractivity (Wildman–Crippen MR) is 101 cm³/mol. The van der Waals surface area contributed by atoms with E-state index in [4.69, 9.17) is 11.6 Å². The maximum absolute atomic E-state index is 6.06. The smallest absolute Gasteiger partial charge is 0.0946 e. The van der Waals surface area contributed by atoms with Crippen LogP contribution in [0.1, 0.15) is 17.5 Å². The molecule has 0 bridgehead atoms. The van der Waals surface area contributed by atoms with E-state index in [1.165, 1.54) is 15.3 Å². The van der Waals surface area contributed by atoms with E-state index in [-0.39, 0.29) is 0 Å². The van der Waals surface area contributed by atoms with Crippen molar-refractivity contribution in [2.45, 2.75) is 35.8 Å². The van der Waals surface area contributed by atoms with Crippen molar-refractivity contribution in [3.63, 3.8) is 0 Å². The van der Waals surface area contributed by atoms with Gasteiger partial charge in [0.25, 0.3) is 0 Å². The molecule has 5 heteroatoms. The Kier molecular flexibility index (Phi) is 5.81. The molecule has 3 rings (SSSR count). The number of rotatable bonds is 7. The standard InChI is InChI=1S/C18H19ClN2S2/c1-14-2-4-15(5-3-14)6-7-16(12-21-11-10-20-13-21)22-18-9-8-17(19)23-18/h2-5,8-11,13,16H,6-7,12H2,1H3. The van der Waals surface area contributed by atoms with E-state index < -0.39 is 0 Å². The molecule has 0 aliphatic carbocycles. The molecule has 0 saturated carbocycles. The summed E-state index contributed by atoms with van der Waals surface area (Å²) in [7, 11) is 0.